The average molecular weight is 798 g/mol. The number of benzene rings is 4. The van der Waals surface area contributed by atoms with Gasteiger partial charge in [-0.2, -0.15) is 0 Å². The van der Waals surface area contributed by atoms with Crippen LogP contribution in [0.2, 0.25) is 20.1 Å². The maximum Gasteiger partial charge on any atom is 0.333 e. The monoisotopic (exact) mass is 795 g/mol. The predicted octanol–water partition coefficient (Wildman–Crippen LogP) is 9.42. The predicted molar refractivity (Wildman–Crippen MR) is 199 cm³/mol. The van der Waals surface area contributed by atoms with Crippen LogP contribution < -0.4 is 25.4 Å². The molecule has 4 aromatic carbocycles. The Labute approximate surface area is 319 Å². The zero-order chi connectivity index (χ0) is 37.8. The summed E-state index contributed by atoms with van der Waals surface area (Å²) in [5.74, 6) is -3.33. The summed E-state index contributed by atoms with van der Waals surface area (Å²) in [4.78, 5) is 37.6. The van der Waals surface area contributed by atoms with Crippen LogP contribution in [0, 0.1) is 11.6 Å². The highest BCUT2D eigenvalue weighted by atomic mass is 35.5. The largest absolute Gasteiger partial charge is 0.486 e. The Morgan fingerprint density at radius 3 is 1.54 bits per heavy atom. The third kappa shape index (κ3) is 12.2. The van der Waals surface area contributed by atoms with Crippen LogP contribution in [-0.2, 0) is 34.0 Å². The number of ether oxygens (including phenoxy) is 3. The summed E-state index contributed by atoms with van der Waals surface area (Å²) in [6.07, 6.45) is 1.37. The second kappa shape index (κ2) is 19.5. The number of hydrogen-bond acceptors (Lipinski definition) is 8. The maximum atomic E-state index is 14.1. The third-order valence-electron chi connectivity index (χ3n) is 7.13. The number of amides is 1. The van der Waals surface area contributed by atoms with Gasteiger partial charge >= 0.3 is 11.9 Å². The van der Waals surface area contributed by atoms with Crippen LogP contribution in [0.4, 0.5) is 20.2 Å². The molecule has 0 saturated heterocycles. The number of halogens is 6. The number of anilines is 2. The van der Waals surface area contributed by atoms with Gasteiger partial charge in [-0.3, -0.25) is 9.59 Å². The summed E-state index contributed by atoms with van der Waals surface area (Å²) in [5.41, 5.74) is 2.64. The van der Waals surface area contributed by atoms with Crippen LogP contribution >= 0.6 is 46.4 Å². The Hall–Kier alpha value is -4.29. The normalized spacial score (nSPS) is 10.8. The number of nitrogens with one attached hydrogen (secondary N) is 3. The minimum atomic E-state index is -1.03. The van der Waals surface area contributed by atoms with Crippen molar-refractivity contribution < 1.29 is 37.4 Å². The van der Waals surface area contributed by atoms with E-state index in [9.17, 15) is 23.2 Å². The molecule has 0 bridgehead atoms. The number of carbonyl (C=O) groups excluding carboxylic acids is 3. The smallest absolute Gasteiger partial charge is 0.333 e. The van der Waals surface area contributed by atoms with Crippen molar-refractivity contribution in [2.24, 2.45) is 0 Å². The van der Waals surface area contributed by atoms with E-state index in [0.29, 0.717) is 41.2 Å². The van der Waals surface area contributed by atoms with Gasteiger partial charge in [-0.25, -0.2) is 13.6 Å². The van der Waals surface area contributed by atoms with Crippen molar-refractivity contribution in [1.29, 1.82) is 0 Å². The lowest BCUT2D eigenvalue weighted by atomic mass is 10.1. The van der Waals surface area contributed by atoms with Crippen LogP contribution in [0.25, 0.3) is 0 Å². The summed E-state index contributed by atoms with van der Waals surface area (Å²) < 4.78 is 44.4. The van der Waals surface area contributed by atoms with Gasteiger partial charge in [-0.05, 0) is 90.2 Å². The molecule has 4 aromatic rings. The summed E-state index contributed by atoms with van der Waals surface area (Å²) >= 11 is 25.4. The van der Waals surface area contributed by atoms with Crippen molar-refractivity contribution >= 4 is 75.6 Å². The Morgan fingerprint density at radius 2 is 1.08 bits per heavy atom. The van der Waals surface area contributed by atoms with E-state index in [-0.39, 0.29) is 56.8 Å². The van der Waals surface area contributed by atoms with E-state index in [0.717, 1.165) is 12.8 Å². The highest BCUT2D eigenvalue weighted by Crippen LogP contribution is 2.36. The fourth-order valence-electron chi connectivity index (χ4n) is 4.82. The molecule has 276 valence electrons. The van der Waals surface area contributed by atoms with E-state index >= 15 is 0 Å². The Morgan fingerprint density at radius 1 is 0.615 bits per heavy atom. The molecule has 0 aromatic heterocycles. The van der Waals surface area contributed by atoms with Crippen molar-refractivity contribution in [2.45, 2.75) is 46.3 Å². The molecule has 52 heavy (non-hydrogen) atoms. The van der Waals surface area contributed by atoms with Gasteiger partial charge in [0.2, 0.25) is 0 Å². The molecule has 0 saturated carbocycles. The second-order valence-corrected chi connectivity index (χ2v) is 13.1. The van der Waals surface area contributed by atoms with E-state index in [1.807, 2.05) is 13.8 Å². The van der Waals surface area contributed by atoms with Crippen LogP contribution in [-0.4, -0.2) is 37.5 Å². The van der Waals surface area contributed by atoms with Crippen LogP contribution in [0.15, 0.2) is 60.7 Å². The lowest BCUT2D eigenvalue weighted by Crippen LogP contribution is -2.32. The molecule has 1 amide bonds. The average Bonchev–Trinajstić information content (AvgIpc) is 3.07. The minimum Gasteiger partial charge on any atom is -0.486 e. The maximum absolute atomic E-state index is 14.1. The van der Waals surface area contributed by atoms with Gasteiger partial charge in [-0.15, -0.1) is 0 Å². The quantitative estimate of drug-likeness (QED) is 0.0716. The second-order valence-electron chi connectivity index (χ2n) is 11.5. The van der Waals surface area contributed by atoms with Gasteiger partial charge in [0.1, 0.15) is 31.4 Å². The molecular formula is C37H35Cl4F2N3O6. The Kier molecular flexibility index (Phi) is 15.2. The van der Waals surface area contributed by atoms with Gasteiger partial charge < -0.3 is 30.2 Å². The molecule has 0 radical (unpaired) electrons. The lowest BCUT2D eigenvalue weighted by Gasteiger charge is -2.13. The molecule has 15 heteroatoms. The first-order valence-corrected chi connectivity index (χ1v) is 17.7. The van der Waals surface area contributed by atoms with Crippen molar-refractivity contribution in [1.82, 2.24) is 5.32 Å². The van der Waals surface area contributed by atoms with E-state index in [4.69, 9.17) is 60.6 Å². The summed E-state index contributed by atoms with van der Waals surface area (Å²) in [6.45, 7) is 4.63. The lowest BCUT2D eigenvalue weighted by molar-refractivity contribution is -0.158. The van der Waals surface area contributed by atoms with Gasteiger partial charge in [-0.1, -0.05) is 60.3 Å². The minimum absolute atomic E-state index is 0.00712. The van der Waals surface area contributed by atoms with E-state index < -0.39 is 36.0 Å². The van der Waals surface area contributed by atoms with Crippen LogP contribution in [0.5, 0.6) is 11.5 Å². The van der Waals surface area contributed by atoms with Crippen LogP contribution in [0.1, 0.15) is 53.7 Å². The molecule has 0 fully saturated rings. The van der Waals surface area contributed by atoms with E-state index in [1.54, 1.807) is 12.1 Å². The SMILES string of the molecule is CCCNc1cc(F)cc(COc2c(Cl)cc(CC(=O)OC(=O)CNC(=O)c3cc(Cl)c(OCc4cc(F)cc(NCCC)c4)c(Cl)c3)cc2Cl)c1. The van der Waals surface area contributed by atoms with Crippen molar-refractivity contribution in [3.8, 4) is 11.5 Å². The molecule has 0 spiro atoms. The molecule has 0 aliphatic rings. The van der Waals surface area contributed by atoms with Gasteiger partial charge in [0.25, 0.3) is 5.91 Å². The summed E-state index contributed by atoms with van der Waals surface area (Å²) in [7, 11) is 0. The van der Waals surface area contributed by atoms with Crippen LogP contribution in [0.3, 0.4) is 0 Å². The topological polar surface area (TPSA) is 115 Å². The first-order chi connectivity index (χ1) is 24.8. The third-order valence-corrected chi connectivity index (χ3v) is 8.25. The molecule has 9 nitrogen and oxygen atoms in total. The fraction of sp³-hybridized carbons (Fsp3) is 0.270. The van der Waals surface area contributed by atoms with Crippen molar-refractivity contribution in [2.75, 3.05) is 30.3 Å². The molecule has 0 aliphatic carbocycles. The van der Waals surface area contributed by atoms with E-state index in [2.05, 4.69) is 16.0 Å². The highest BCUT2D eigenvalue weighted by molar-refractivity contribution is 6.38. The van der Waals surface area contributed by atoms with Crippen molar-refractivity contribution in [3.05, 3.63) is 115 Å². The number of esters is 2. The number of carbonyl (C=O) groups is 3. The van der Waals surface area contributed by atoms with Crippen molar-refractivity contribution in [3.63, 3.8) is 0 Å². The molecular weight excluding hydrogens is 762 g/mol. The van der Waals surface area contributed by atoms with Gasteiger partial charge in [0.05, 0.1) is 26.5 Å². The first-order valence-electron chi connectivity index (χ1n) is 16.2. The van der Waals surface area contributed by atoms with Gasteiger partial charge in [0, 0.05) is 30.0 Å². The number of hydrogen-bond donors (Lipinski definition) is 3. The molecule has 0 aliphatic heterocycles. The molecule has 0 heterocycles. The highest BCUT2D eigenvalue weighted by Gasteiger charge is 2.19. The van der Waals surface area contributed by atoms with E-state index in [1.165, 1.54) is 48.5 Å². The molecule has 3 N–H and O–H groups in total. The molecule has 0 unspecified atom stereocenters. The Balaban J connectivity index is 1.27. The summed E-state index contributed by atoms with van der Waals surface area (Å²) in [6, 6.07) is 14.3. The fourth-order valence-corrected chi connectivity index (χ4v) is 6.06. The first kappa shape index (κ1) is 40.5. The Bertz CT molecular complexity index is 1880. The zero-order valence-corrected chi connectivity index (χ0v) is 31.2. The molecule has 4 rings (SSSR count). The van der Waals surface area contributed by atoms with Gasteiger partial charge in [0.15, 0.2) is 11.5 Å². The standard InChI is InChI=1S/C37H35Cl4F2N3O6/c1-3-5-44-27-9-22(7-25(42)16-27)19-50-35-29(38)11-21(12-30(35)39)13-33(47)52-34(48)18-46-37(49)24-14-31(40)36(32(41)15-24)51-20-23-8-26(43)17-28(10-23)45-6-4-2/h7-12,14-17,44-45H,3-6,13,18-20H2,1-2H3,(H,46,49). The number of rotatable bonds is 17. The zero-order valence-electron chi connectivity index (χ0n) is 28.1. The molecule has 0 atom stereocenters. The summed E-state index contributed by atoms with van der Waals surface area (Å²) in [5, 5.41) is 8.76.